The third kappa shape index (κ3) is 1.40. The van der Waals surface area contributed by atoms with Gasteiger partial charge in [0.25, 0.3) is 0 Å². The van der Waals surface area contributed by atoms with Crippen molar-refractivity contribution in [3.63, 3.8) is 0 Å². The summed E-state index contributed by atoms with van der Waals surface area (Å²) in [6, 6.07) is 0. The SMILES string of the molecule is CC1C[C@@H](C(C)(C)O)CC2O[C@]12C. The van der Waals surface area contributed by atoms with Crippen molar-refractivity contribution in [1.29, 1.82) is 0 Å². The summed E-state index contributed by atoms with van der Waals surface area (Å²) >= 11 is 0. The molecule has 0 spiro atoms. The molecule has 4 atom stereocenters. The molecule has 76 valence electrons. The first-order valence-corrected chi connectivity index (χ1v) is 5.24. The van der Waals surface area contributed by atoms with Crippen molar-refractivity contribution >= 4 is 0 Å². The first-order valence-electron chi connectivity index (χ1n) is 5.24. The monoisotopic (exact) mass is 184 g/mol. The highest BCUT2D eigenvalue weighted by atomic mass is 16.6. The van der Waals surface area contributed by atoms with Gasteiger partial charge >= 0.3 is 0 Å². The molecule has 0 aromatic rings. The van der Waals surface area contributed by atoms with Crippen molar-refractivity contribution < 1.29 is 9.84 Å². The van der Waals surface area contributed by atoms with Crippen molar-refractivity contribution in [2.24, 2.45) is 11.8 Å². The van der Waals surface area contributed by atoms with Gasteiger partial charge in [-0.3, -0.25) is 0 Å². The molecular formula is C11H20O2. The zero-order valence-corrected chi connectivity index (χ0v) is 9.00. The van der Waals surface area contributed by atoms with Crippen molar-refractivity contribution in [3.8, 4) is 0 Å². The zero-order chi connectivity index (χ0) is 9.85. The summed E-state index contributed by atoms with van der Waals surface area (Å²) in [6.45, 7) is 8.26. The Hall–Kier alpha value is -0.0800. The summed E-state index contributed by atoms with van der Waals surface area (Å²) in [5.41, 5.74) is -0.400. The third-order valence-corrected chi connectivity index (χ3v) is 4.09. The van der Waals surface area contributed by atoms with Gasteiger partial charge in [-0.25, -0.2) is 0 Å². The maximum absolute atomic E-state index is 9.92. The van der Waals surface area contributed by atoms with E-state index in [1.54, 1.807) is 0 Å². The number of hydrogen-bond donors (Lipinski definition) is 1. The molecule has 13 heavy (non-hydrogen) atoms. The van der Waals surface area contributed by atoms with Gasteiger partial charge in [-0.1, -0.05) is 6.92 Å². The maximum Gasteiger partial charge on any atom is 0.0946 e. The Morgan fingerprint density at radius 2 is 2.00 bits per heavy atom. The fourth-order valence-corrected chi connectivity index (χ4v) is 2.58. The lowest BCUT2D eigenvalue weighted by Gasteiger charge is -2.35. The molecule has 1 saturated carbocycles. The summed E-state index contributed by atoms with van der Waals surface area (Å²) in [7, 11) is 0. The number of hydrogen-bond acceptors (Lipinski definition) is 2. The molecule has 1 heterocycles. The van der Waals surface area contributed by atoms with Gasteiger partial charge in [-0.05, 0) is 45.4 Å². The van der Waals surface area contributed by atoms with Gasteiger partial charge in [0.15, 0.2) is 0 Å². The Kier molecular flexibility index (Phi) is 1.81. The number of ether oxygens (including phenoxy) is 1. The minimum absolute atomic E-state index is 0.141. The fourth-order valence-electron chi connectivity index (χ4n) is 2.58. The molecule has 1 saturated heterocycles. The zero-order valence-electron chi connectivity index (χ0n) is 9.00. The highest BCUT2D eigenvalue weighted by Gasteiger charge is 2.60. The van der Waals surface area contributed by atoms with E-state index in [1.807, 2.05) is 13.8 Å². The Labute approximate surface area is 80.3 Å². The lowest BCUT2D eigenvalue weighted by atomic mass is 9.70. The summed E-state index contributed by atoms with van der Waals surface area (Å²) in [5, 5.41) is 9.92. The summed E-state index contributed by atoms with van der Waals surface area (Å²) < 4.78 is 5.69. The van der Waals surface area contributed by atoms with Gasteiger partial charge in [0.05, 0.1) is 17.3 Å². The van der Waals surface area contributed by atoms with E-state index >= 15 is 0 Å². The van der Waals surface area contributed by atoms with Crippen LogP contribution >= 0.6 is 0 Å². The highest BCUT2D eigenvalue weighted by Crippen LogP contribution is 2.54. The Bertz CT molecular complexity index is 219. The minimum atomic E-state index is -0.540. The van der Waals surface area contributed by atoms with Crippen LogP contribution < -0.4 is 0 Å². The van der Waals surface area contributed by atoms with Gasteiger partial charge in [0, 0.05) is 0 Å². The van der Waals surface area contributed by atoms with Gasteiger partial charge < -0.3 is 9.84 Å². The van der Waals surface area contributed by atoms with E-state index in [-0.39, 0.29) is 5.60 Å². The normalized spacial score (nSPS) is 50.1. The molecule has 0 bridgehead atoms. The van der Waals surface area contributed by atoms with Crippen molar-refractivity contribution in [1.82, 2.24) is 0 Å². The van der Waals surface area contributed by atoms with Crippen LogP contribution in [0.4, 0.5) is 0 Å². The Morgan fingerprint density at radius 1 is 1.38 bits per heavy atom. The van der Waals surface area contributed by atoms with Crippen LogP contribution in [0.1, 0.15) is 40.5 Å². The van der Waals surface area contributed by atoms with E-state index in [2.05, 4.69) is 13.8 Å². The molecule has 0 radical (unpaired) electrons. The van der Waals surface area contributed by atoms with Crippen LogP contribution in [0.25, 0.3) is 0 Å². The van der Waals surface area contributed by atoms with Crippen LogP contribution in [0.15, 0.2) is 0 Å². The molecular weight excluding hydrogens is 164 g/mol. The van der Waals surface area contributed by atoms with E-state index in [9.17, 15) is 5.11 Å². The molecule has 1 N–H and O–H groups in total. The molecule has 2 fully saturated rings. The largest absolute Gasteiger partial charge is 0.390 e. The molecule has 2 unspecified atom stereocenters. The predicted molar refractivity (Wildman–Crippen MR) is 51.5 cm³/mol. The molecule has 0 aromatic heterocycles. The lowest BCUT2D eigenvalue weighted by molar-refractivity contribution is -0.00682. The smallest absolute Gasteiger partial charge is 0.0946 e. The van der Waals surface area contributed by atoms with Crippen LogP contribution in [-0.2, 0) is 4.74 Å². The van der Waals surface area contributed by atoms with E-state index in [1.165, 1.54) is 0 Å². The van der Waals surface area contributed by atoms with Gasteiger partial charge in [0.1, 0.15) is 0 Å². The van der Waals surface area contributed by atoms with Crippen molar-refractivity contribution in [3.05, 3.63) is 0 Å². The lowest BCUT2D eigenvalue weighted by Crippen LogP contribution is -2.40. The standard InChI is InChI=1S/C11H20O2/c1-7-5-8(10(2,3)12)6-9-11(7,4)13-9/h7-9,12H,5-6H2,1-4H3/t7?,8-,9?,11-/m1/s1. The van der Waals surface area contributed by atoms with Crippen LogP contribution in [0.2, 0.25) is 0 Å². The summed E-state index contributed by atoms with van der Waals surface area (Å²) in [6.07, 6.45) is 2.54. The number of aliphatic hydroxyl groups is 1. The van der Waals surface area contributed by atoms with Gasteiger partial charge in [-0.15, -0.1) is 0 Å². The quantitative estimate of drug-likeness (QED) is 0.632. The first-order chi connectivity index (χ1) is 5.84. The summed E-state index contributed by atoms with van der Waals surface area (Å²) in [5.74, 6) is 0.991. The Balaban J connectivity index is 2.06. The molecule has 2 heteroatoms. The Morgan fingerprint density at radius 3 is 2.46 bits per heavy atom. The van der Waals surface area contributed by atoms with Crippen LogP contribution in [-0.4, -0.2) is 22.4 Å². The molecule has 1 aliphatic heterocycles. The molecule has 2 aliphatic rings. The predicted octanol–water partition coefficient (Wildman–Crippen LogP) is 1.96. The van der Waals surface area contributed by atoms with Gasteiger partial charge in [0.2, 0.25) is 0 Å². The topological polar surface area (TPSA) is 32.8 Å². The second-order valence-corrected chi connectivity index (χ2v) is 5.51. The maximum atomic E-state index is 9.92. The van der Waals surface area contributed by atoms with E-state index in [4.69, 9.17) is 4.74 Å². The molecule has 0 amide bonds. The van der Waals surface area contributed by atoms with Crippen molar-refractivity contribution in [2.45, 2.75) is 57.8 Å². The second kappa shape index (κ2) is 2.48. The van der Waals surface area contributed by atoms with Crippen LogP contribution in [0.5, 0.6) is 0 Å². The number of rotatable bonds is 1. The number of fused-ring (bicyclic) bond motifs is 1. The van der Waals surface area contributed by atoms with Crippen LogP contribution in [0.3, 0.4) is 0 Å². The first kappa shape index (κ1) is 9.47. The molecule has 1 aliphatic carbocycles. The number of epoxide rings is 1. The highest BCUT2D eigenvalue weighted by molar-refractivity contribution is 5.08. The van der Waals surface area contributed by atoms with E-state index in [0.29, 0.717) is 17.9 Å². The molecule has 2 rings (SSSR count). The van der Waals surface area contributed by atoms with Crippen molar-refractivity contribution in [2.75, 3.05) is 0 Å². The second-order valence-electron chi connectivity index (χ2n) is 5.51. The minimum Gasteiger partial charge on any atom is -0.390 e. The van der Waals surface area contributed by atoms with E-state index < -0.39 is 5.60 Å². The average molecular weight is 184 g/mol. The summed E-state index contributed by atoms with van der Waals surface area (Å²) in [4.78, 5) is 0. The average Bonchev–Trinajstić information content (AvgIpc) is 2.60. The van der Waals surface area contributed by atoms with Crippen LogP contribution in [0, 0.1) is 11.8 Å². The third-order valence-electron chi connectivity index (χ3n) is 4.09. The van der Waals surface area contributed by atoms with Gasteiger partial charge in [-0.2, -0.15) is 0 Å². The molecule has 0 aromatic carbocycles. The van der Waals surface area contributed by atoms with E-state index in [0.717, 1.165) is 12.8 Å². The fraction of sp³-hybridized carbons (Fsp3) is 1.00. The molecule has 2 nitrogen and oxygen atoms in total.